The van der Waals surface area contributed by atoms with Crippen molar-refractivity contribution >= 4 is 21.7 Å². The summed E-state index contributed by atoms with van der Waals surface area (Å²) in [5.41, 5.74) is 0.702. The van der Waals surface area contributed by atoms with E-state index in [-0.39, 0.29) is 12.4 Å². The molecule has 0 N–H and O–H groups in total. The van der Waals surface area contributed by atoms with Gasteiger partial charge in [-0.1, -0.05) is 54.2 Å². The van der Waals surface area contributed by atoms with Gasteiger partial charge in [-0.15, -0.1) is 0 Å². The Morgan fingerprint density at radius 2 is 2.12 bits per heavy atom. The number of ether oxygens (including phenoxy) is 1. The molecular weight excluding hydrogens is 280 g/mol. The molecule has 17 heavy (non-hydrogen) atoms. The highest BCUT2D eigenvalue weighted by atomic mass is 79.9. The predicted octanol–water partition coefficient (Wildman–Crippen LogP) is 4.23. The van der Waals surface area contributed by atoms with Crippen molar-refractivity contribution in [1.29, 1.82) is 0 Å². The van der Waals surface area contributed by atoms with Crippen LogP contribution in [0.2, 0.25) is 0 Å². The quantitative estimate of drug-likeness (QED) is 0.530. The van der Waals surface area contributed by atoms with Crippen molar-refractivity contribution < 1.29 is 9.53 Å². The summed E-state index contributed by atoms with van der Waals surface area (Å²) in [5, 5.41) is 0. The summed E-state index contributed by atoms with van der Waals surface area (Å²) in [6, 6.07) is 7.40. The van der Waals surface area contributed by atoms with Crippen LogP contribution in [0.5, 0.6) is 0 Å². The first-order chi connectivity index (χ1) is 8.24. The number of unbranched alkanes of at least 4 members (excludes halogenated alkanes) is 3. The fraction of sp³-hybridized carbons (Fsp3) is 0.500. The molecule has 0 aliphatic heterocycles. The summed E-state index contributed by atoms with van der Waals surface area (Å²) >= 11 is 3.35. The topological polar surface area (TPSA) is 26.3 Å². The van der Waals surface area contributed by atoms with Crippen LogP contribution in [0.4, 0.5) is 0 Å². The van der Waals surface area contributed by atoms with Crippen molar-refractivity contribution in [3.63, 3.8) is 0 Å². The maximum absolute atomic E-state index is 11.7. The molecule has 1 aromatic rings. The van der Waals surface area contributed by atoms with E-state index in [4.69, 9.17) is 4.74 Å². The van der Waals surface area contributed by atoms with E-state index in [1.807, 2.05) is 24.3 Å². The second-order valence-corrected chi connectivity index (χ2v) is 4.96. The van der Waals surface area contributed by atoms with Crippen molar-refractivity contribution in [2.24, 2.45) is 0 Å². The van der Waals surface area contributed by atoms with E-state index in [0.717, 1.165) is 10.9 Å². The number of rotatable bonds is 8. The molecule has 3 heteroatoms. The van der Waals surface area contributed by atoms with Gasteiger partial charge in [0.1, 0.15) is 6.61 Å². The first-order valence-electron chi connectivity index (χ1n) is 6.10. The van der Waals surface area contributed by atoms with Gasteiger partial charge in [-0.3, -0.25) is 4.79 Å². The number of ketones is 1. The van der Waals surface area contributed by atoms with Crippen LogP contribution in [-0.2, 0) is 4.74 Å². The van der Waals surface area contributed by atoms with Crippen molar-refractivity contribution in [2.75, 3.05) is 13.2 Å². The highest BCUT2D eigenvalue weighted by Gasteiger charge is 2.05. The molecule has 0 aliphatic rings. The van der Waals surface area contributed by atoms with Crippen LogP contribution < -0.4 is 0 Å². The number of benzene rings is 1. The Morgan fingerprint density at radius 1 is 1.29 bits per heavy atom. The van der Waals surface area contributed by atoms with E-state index in [9.17, 15) is 4.79 Å². The standard InChI is InChI=1S/C14H19BrO2/c1-2-3-4-5-9-17-11-14(16)12-7-6-8-13(15)10-12/h6-8,10H,2-5,9,11H2,1H3. The van der Waals surface area contributed by atoms with Gasteiger partial charge in [-0.2, -0.15) is 0 Å². The lowest BCUT2D eigenvalue weighted by molar-refractivity contribution is 0.0752. The van der Waals surface area contributed by atoms with Crippen LogP contribution in [0.15, 0.2) is 28.7 Å². The Balaban J connectivity index is 2.21. The lowest BCUT2D eigenvalue weighted by atomic mass is 10.1. The van der Waals surface area contributed by atoms with Gasteiger partial charge >= 0.3 is 0 Å². The number of Topliss-reactive ketones (excluding diaryl/α,β-unsaturated/α-hetero) is 1. The average molecular weight is 299 g/mol. The summed E-state index contributed by atoms with van der Waals surface area (Å²) in [5.74, 6) is 0.0433. The zero-order valence-electron chi connectivity index (χ0n) is 10.2. The second kappa shape index (κ2) is 8.43. The molecule has 2 nitrogen and oxygen atoms in total. The number of hydrogen-bond acceptors (Lipinski definition) is 2. The van der Waals surface area contributed by atoms with Crippen LogP contribution in [0.1, 0.15) is 43.0 Å². The Hall–Kier alpha value is -0.670. The zero-order chi connectivity index (χ0) is 12.5. The van der Waals surface area contributed by atoms with Gasteiger partial charge in [0.05, 0.1) is 0 Å². The molecule has 0 amide bonds. The highest BCUT2D eigenvalue weighted by molar-refractivity contribution is 9.10. The minimum atomic E-state index is 0.0433. The lowest BCUT2D eigenvalue weighted by Crippen LogP contribution is -2.09. The molecule has 0 fully saturated rings. The molecule has 1 rings (SSSR count). The summed E-state index contributed by atoms with van der Waals surface area (Å²) in [6.45, 7) is 3.04. The first-order valence-corrected chi connectivity index (χ1v) is 6.90. The number of carbonyl (C=O) groups excluding carboxylic acids is 1. The fourth-order valence-corrected chi connectivity index (χ4v) is 1.94. The molecule has 0 aromatic heterocycles. The van der Waals surface area contributed by atoms with Crippen molar-refractivity contribution in [3.05, 3.63) is 34.3 Å². The molecule has 0 atom stereocenters. The summed E-state index contributed by atoms with van der Waals surface area (Å²) < 4.78 is 6.29. The maximum Gasteiger partial charge on any atom is 0.188 e. The molecule has 0 bridgehead atoms. The molecule has 0 heterocycles. The molecule has 1 aromatic carbocycles. The lowest BCUT2D eigenvalue weighted by Gasteiger charge is -2.04. The molecule has 94 valence electrons. The van der Waals surface area contributed by atoms with Gasteiger partial charge in [0.15, 0.2) is 5.78 Å². The van der Waals surface area contributed by atoms with Gasteiger partial charge in [-0.25, -0.2) is 0 Å². The van der Waals surface area contributed by atoms with Gasteiger partial charge in [0, 0.05) is 16.6 Å². The SMILES string of the molecule is CCCCCCOCC(=O)c1cccc(Br)c1. The zero-order valence-corrected chi connectivity index (χ0v) is 11.8. The molecule has 0 radical (unpaired) electrons. The molecule has 0 aliphatic carbocycles. The van der Waals surface area contributed by atoms with E-state index >= 15 is 0 Å². The third-order valence-corrected chi connectivity index (χ3v) is 3.02. The van der Waals surface area contributed by atoms with Crippen LogP contribution in [0.25, 0.3) is 0 Å². The van der Waals surface area contributed by atoms with Gasteiger partial charge in [0.25, 0.3) is 0 Å². The number of halogens is 1. The molecule has 0 saturated heterocycles. The Labute approximate surface area is 111 Å². The largest absolute Gasteiger partial charge is 0.373 e. The van der Waals surface area contributed by atoms with Crippen LogP contribution >= 0.6 is 15.9 Å². The van der Waals surface area contributed by atoms with Crippen molar-refractivity contribution in [1.82, 2.24) is 0 Å². The van der Waals surface area contributed by atoms with Crippen molar-refractivity contribution in [3.8, 4) is 0 Å². The Bertz CT molecular complexity index is 350. The minimum absolute atomic E-state index is 0.0433. The third kappa shape index (κ3) is 5.99. The van der Waals surface area contributed by atoms with Crippen LogP contribution in [-0.4, -0.2) is 19.0 Å². The Kier molecular flexibility index (Phi) is 7.13. The first kappa shape index (κ1) is 14.4. The summed E-state index contributed by atoms with van der Waals surface area (Å²) in [4.78, 5) is 11.7. The predicted molar refractivity (Wildman–Crippen MR) is 73.4 cm³/mol. The van der Waals surface area contributed by atoms with Gasteiger partial charge in [0.2, 0.25) is 0 Å². The number of carbonyl (C=O) groups is 1. The van der Waals surface area contributed by atoms with Crippen LogP contribution in [0.3, 0.4) is 0 Å². The smallest absolute Gasteiger partial charge is 0.188 e. The maximum atomic E-state index is 11.7. The number of hydrogen-bond donors (Lipinski definition) is 0. The monoisotopic (exact) mass is 298 g/mol. The molecule has 0 spiro atoms. The second-order valence-electron chi connectivity index (χ2n) is 4.05. The summed E-state index contributed by atoms with van der Waals surface area (Å²) in [6.07, 6.45) is 4.68. The third-order valence-electron chi connectivity index (χ3n) is 2.52. The van der Waals surface area contributed by atoms with Gasteiger partial charge < -0.3 is 4.74 Å². The van der Waals surface area contributed by atoms with E-state index in [2.05, 4.69) is 22.9 Å². The van der Waals surface area contributed by atoms with Crippen LogP contribution in [0, 0.1) is 0 Å². The molecular formula is C14H19BrO2. The minimum Gasteiger partial charge on any atom is -0.373 e. The summed E-state index contributed by atoms with van der Waals surface area (Å²) in [7, 11) is 0. The van der Waals surface area contributed by atoms with Gasteiger partial charge in [-0.05, 0) is 18.6 Å². The average Bonchev–Trinajstić information content (AvgIpc) is 2.33. The normalized spacial score (nSPS) is 10.5. The molecule has 0 saturated carbocycles. The fourth-order valence-electron chi connectivity index (χ4n) is 1.54. The molecule has 0 unspecified atom stereocenters. The Morgan fingerprint density at radius 3 is 2.82 bits per heavy atom. The highest BCUT2D eigenvalue weighted by Crippen LogP contribution is 2.12. The van der Waals surface area contributed by atoms with E-state index in [1.165, 1.54) is 19.3 Å². The van der Waals surface area contributed by atoms with E-state index < -0.39 is 0 Å². The van der Waals surface area contributed by atoms with E-state index in [0.29, 0.717) is 12.2 Å². The van der Waals surface area contributed by atoms with E-state index in [1.54, 1.807) is 0 Å². The van der Waals surface area contributed by atoms with Crippen molar-refractivity contribution in [2.45, 2.75) is 32.6 Å².